The first-order valence-corrected chi connectivity index (χ1v) is 9.14. The zero-order chi connectivity index (χ0) is 21.6. The van der Waals surface area contributed by atoms with Crippen molar-refractivity contribution < 1.29 is 18.3 Å². The normalized spacial score (nSPS) is 14.2. The fourth-order valence-electron chi connectivity index (χ4n) is 3.05. The monoisotopic (exact) mass is 407 g/mol. The Hall–Kier alpha value is -2.68. The molecule has 0 amide bonds. The van der Waals surface area contributed by atoms with Gasteiger partial charge in [-0.25, -0.2) is 4.98 Å². The van der Waals surface area contributed by atoms with Crippen LogP contribution >= 0.6 is 0 Å². The molecule has 0 saturated carbocycles. The number of alkyl halides is 3. The lowest BCUT2D eigenvalue weighted by molar-refractivity contribution is -0.141. The van der Waals surface area contributed by atoms with E-state index in [-0.39, 0.29) is 17.0 Å². The molecule has 0 saturated heterocycles. The van der Waals surface area contributed by atoms with E-state index in [0.717, 1.165) is 23.5 Å². The molecule has 29 heavy (non-hydrogen) atoms. The maximum absolute atomic E-state index is 13.3. The molecule has 1 aromatic carbocycles. The standard InChI is InChI=1S/C20H24F3N5O/c1-18(2,3)13-8-6-12(7-9-13)16(19(4,5)29)27-15-10-14(20(21,22)23)26-17-24-11-25-28(15)17/h6-11,16,27,29H,1-5H3/t16-/m1/s1. The SMILES string of the molecule is CC(C)(C)c1ccc([C@@H](Nc2cc(C(F)(F)F)nc3ncnn23)C(C)(C)O)cc1. The van der Waals surface area contributed by atoms with Gasteiger partial charge in [0.2, 0.25) is 0 Å². The summed E-state index contributed by atoms with van der Waals surface area (Å²) in [5.74, 6) is -0.147. The molecule has 0 aliphatic heterocycles. The summed E-state index contributed by atoms with van der Waals surface area (Å²) in [5.41, 5.74) is -0.576. The van der Waals surface area contributed by atoms with E-state index in [9.17, 15) is 18.3 Å². The van der Waals surface area contributed by atoms with Crippen molar-refractivity contribution >= 4 is 11.6 Å². The van der Waals surface area contributed by atoms with E-state index in [1.807, 2.05) is 24.3 Å². The molecular formula is C20H24F3N5O. The lowest BCUT2D eigenvalue weighted by atomic mass is 9.84. The Morgan fingerprint density at radius 2 is 1.66 bits per heavy atom. The first kappa shape index (κ1) is 21.0. The van der Waals surface area contributed by atoms with E-state index >= 15 is 0 Å². The average molecular weight is 407 g/mol. The second kappa shape index (κ2) is 6.98. The van der Waals surface area contributed by atoms with Gasteiger partial charge in [0.15, 0.2) is 5.69 Å². The van der Waals surface area contributed by atoms with Crippen LogP contribution in [0.15, 0.2) is 36.7 Å². The molecule has 3 rings (SSSR count). The van der Waals surface area contributed by atoms with Crippen LogP contribution in [0, 0.1) is 0 Å². The fourth-order valence-corrected chi connectivity index (χ4v) is 3.05. The van der Waals surface area contributed by atoms with E-state index in [1.165, 1.54) is 4.52 Å². The van der Waals surface area contributed by atoms with Crippen molar-refractivity contribution in [2.24, 2.45) is 0 Å². The van der Waals surface area contributed by atoms with Crippen LogP contribution in [0.1, 0.15) is 57.5 Å². The molecule has 1 atom stereocenters. The van der Waals surface area contributed by atoms with Crippen molar-refractivity contribution in [1.82, 2.24) is 19.6 Å². The van der Waals surface area contributed by atoms with Gasteiger partial charge >= 0.3 is 6.18 Å². The third kappa shape index (κ3) is 4.50. The van der Waals surface area contributed by atoms with Crippen LogP contribution in [0.25, 0.3) is 5.78 Å². The van der Waals surface area contributed by atoms with Gasteiger partial charge in [0.05, 0.1) is 11.6 Å². The van der Waals surface area contributed by atoms with Crippen molar-refractivity contribution in [2.75, 3.05) is 5.32 Å². The summed E-state index contributed by atoms with van der Waals surface area (Å²) in [7, 11) is 0. The minimum absolute atomic E-state index is 0.0341. The molecule has 0 aliphatic rings. The van der Waals surface area contributed by atoms with Crippen LogP contribution in [0.3, 0.4) is 0 Å². The van der Waals surface area contributed by atoms with Gasteiger partial charge in [-0.3, -0.25) is 0 Å². The molecule has 0 spiro atoms. The minimum Gasteiger partial charge on any atom is -0.388 e. The van der Waals surface area contributed by atoms with Crippen LogP contribution in [0.4, 0.5) is 19.0 Å². The minimum atomic E-state index is -4.64. The summed E-state index contributed by atoms with van der Waals surface area (Å²) in [5, 5.41) is 17.7. The topological polar surface area (TPSA) is 75.3 Å². The lowest BCUT2D eigenvalue weighted by Gasteiger charge is -2.32. The molecule has 2 N–H and O–H groups in total. The Morgan fingerprint density at radius 1 is 1.03 bits per heavy atom. The maximum Gasteiger partial charge on any atom is 0.433 e. The maximum atomic E-state index is 13.3. The molecule has 156 valence electrons. The van der Waals surface area contributed by atoms with Gasteiger partial charge in [0.1, 0.15) is 12.1 Å². The molecule has 0 aliphatic carbocycles. The van der Waals surface area contributed by atoms with E-state index in [0.29, 0.717) is 0 Å². The predicted molar refractivity (Wildman–Crippen MR) is 104 cm³/mol. The quantitative estimate of drug-likeness (QED) is 0.672. The van der Waals surface area contributed by atoms with Crippen LogP contribution in [-0.4, -0.2) is 30.3 Å². The fraction of sp³-hybridized carbons (Fsp3) is 0.450. The van der Waals surface area contributed by atoms with E-state index in [1.54, 1.807) is 13.8 Å². The summed E-state index contributed by atoms with van der Waals surface area (Å²) < 4.78 is 40.9. The van der Waals surface area contributed by atoms with E-state index in [2.05, 4.69) is 41.2 Å². The van der Waals surface area contributed by atoms with Gasteiger partial charge in [-0.2, -0.15) is 27.8 Å². The van der Waals surface area contributed by atoms with Gasteiger partial charge in [-0.1, -0.05) is 45.0 Å². The van der Waals surface area contributed by atoms with Gasteiger partial charge in [-0.15, -0.1) is 0 Å². The zero-order valence-electron chi connectivity index (χ0n) is 16.9. The Bertz CT molecular complexity index is 998. The first-order valence-electron chi connectivity index (χ1n) is 9.14. The molecule has 0 bridgehead atoms. The molecule has 6 nitrogen and oxygen atoms in total. The number of halogens is 3. The number of aliphatic hydroxyl groups is 1. The van der Waals surface area contributed by atoms with Gasteiger partial charge in [-0.05, 0) is 30.4 Å². The second-order valence-corrected chi connectivity index (χ2v) is 8.60. The molecule has 2 heterocycles. The second-order valence-electron chi connectivity index (χ2n) is 8.60. The van der Waals surface area contributed by atoms with Crippen LogP contribution in [0.5, 0.6) is 0 Å². The smallest absolute Gasteiger partial charge is 0.388 e. The highest BCUT2D eigenvalue weighted by Crippen LogP contribution is 2.34. The van der Waals surface area contributed by atoms with Gasteiger partial charge in [0, 0.05) is 6.07 Å². The number of nitrogens with one attached hydrogen (secondary N) is 1. The summed E-state index contributed by atoms with van der Waals surface area (Å²) >= 11 is 0. The molecule has 2 aromatic heterocycles. The number of fused-ring (bicyclic) bond motifs is 1. The Labute approximate surface area is 166 Å². The average Bonchev–Trinajstić information content (AvgIpc) is 3.05. The number of aromatic nitrogens is 4. The molecule has 0 radical (unpaired) electrons. The van der Waals surface area contributed by atoms with Crippen molar-refractivity contribution in [1.29, 1.82) is 0 Å². The van der Waals surface area contributed by atoms with Crippen LogP contribution in [-0.2, 0) is 11.6 Å². The van der Waals surface area contributed by atoms with Gasteiger partial charge < -0.3 is 10.4 Å². The van der Waals surface area contributed by atoms with Crippen molar-refractivity contribution in [2.45, 2.75) is 57.9 Å². The Kier molecular flexibility index (Phi) is 5.06. The highest BCUT2D eigenvalue weighted by Gasteiger charge is 2.35. The number of hydrogen-bond acceptors (Lipinski definition) is 5. The third-order valence-electron chi connectivity index (χ3n) is 4.65. The molecular weight excluding hydrogens is 383 g/mol. The zero-order valence-corrected chi connectivity index (χ0v) is 16.9. The largest absolute Gasteiger partial charge is 0.433 e. The number of hydrogen-bond donors (Lipinski definition) is 2. The lowest BCUT2D eigenvalue weighted by Crippen LogP contribution is -2.35. The first-order chi connectivity index (χ1) is 13.3. The summed E-state index contributed by atoms with van der Waals surface area (Å²) in [6, 6.07) is 7.79. The van der Waals surface area contributed by atoms with Crippen LogP contribution < -0.4 is 5.32 Å². The summed E-state index contributed by atoms with van der Waals surface area (Å²) in [6.45, 7) is 9.44. The number of benzene rings is 1. The highest BCUT2D eigenvalue weighted by atomic mass is 19.4. The highest BCUT2D eigenvalue weighted by molar-refractivity contribution is 5.48. The molecule has 3 aromatic rings. The molecule has 0 unspecified atom stereocenters. The van der Waals surface area contributed by atoms with E-state index < -0.39 is 23.5 Å². The van der Waals surface area contributed by atoms with Crippen molar-refractivity contribution in [3.05, 3.63) is 53.5 Å². The Balaban J connectivity index is 2.06. The van der Waals surface area contributed by atoms with Crippen molar-refractivity contribution in [3.8, 4) is 0 Å². The van der Waals surface area contributed by atoms with Crippen LogP contribution in [0.2, 0.25) is 0 Å². The number of nitrogens with zero attached hydrogens (tertiary/aromatic N) is 4. The van der Waals surface area contributed by atoms with E-state index in [4.69, 9.17) is 0 Å². The van der Waals surface area contributed by atoms with Crippen molar-refractivity contribution in [3.63, 3.8) is 0 Å². The van der Waals surface area contributed by atoms with Gasteiger partial charge in [0.25, 0.3) is 5.78 Å². The number of rotatable bonds is 4. The third-order valence-corrected chi connectivity index (χ3v) is 4.65. The Morgan fingerprint density at radius 3 is 2.17 bits per heavy atom. The molecule has 0 fully saturated rings. The summed E-state index contributed by atoms with van der Waals surface area (Å²) in [4.78, 5) is 7.28. The molecule has 9 heteroatoms. The predicted octanol–water partition coefficient (Wildman–Crippen LogP) is 4.36. The number of anilines is 1. The summed E-state index contributed by atoms with van der Waals surface area (Å²) in [6.07, 6.45) is -3.51.